The van der Waals surface area contributed by atoms with Crippen LogP contribution in [0, 0.1) is 0 Å². The van der Waals surface area contributed by atoms with E-state index in [1.807, 2.05) is 47.2 Å². The Kier molecular flexibility index (Phi) is 4.50. The van der Waals surface area contributed by atoms with Crippen LogP contribution in [0.3, 0.4) is 0 Å². The third-order valence-electron chi connectivity index (χ3n) is 3.26. The Morgan fingerprint density at radius 3 is 1.67 bits per heavy atom. The molecule has 122 valence electrons. The molecular weight excluding hydrogens is 348 g/mol. The van der Waals surface area contributed by atoms with Gasteiger partial charge in [0.15, 0.2) is 0 Å². The second-order valence-electron chi connectivity index (χ2n) is 4.77. The van der Waals surface area contributed by atoms with E-state index in [0.29, 0.717) is 10.0 Å². The molecule has 4 N–H and O–H groups in total. The fourth-order valence-corrected chi connectivity index (χ4v) is 3.91. The number of amides is 2. The number of carboxylic acid groups (broad SMARTS) is 2. The predicted molar refractivity (Wildman–Crippen MR) is 96.4 cm³/mol. The van der Waals surface area contributed by atoms with Crippen LogP contribution in [-0.4, -0.2) is 22.4 Å². The van der Waals surface area contributed by atoms with Gasteiger partial charge in [-0.25, -0.2) is 9.59 Å². The van der Waals surface area contributed by atoms with Crippen LogP contribution in [0.4, 0.5) is 19.6 Å². The van der Waals surface area contributed by atoms with Crippen molar-refractivity contribution < 1.29 is 19.8 Å². The van der Waals surface area contributed by atoms with Crippen molar-refractivity contribution in [2.75, 3.05) is 10.6 Å². The SMILES string of the molecule is O=C(O)Nc1sccc1-c1cccc(-c2ccsc2NC(=O)O)c1. The summed E-state index contributed by atoms with van der Waals surface area (Å²) < 4.78 is 0. The topological polar surface area (TPSA) is 98.7 Å². The van der Waals surface area contributed by atoms with Gasteiger partial charge in [0.2, 0.25) is 0 Å². The summed E-state index contributed by atoms with van der Waals surface area (Å²) in [5.41, 5.74) is 3.27. The van der Waals surface area contributed by atoms with E-state index < -0.39 is 12.2 Å². The third kappa shape index (κ3) is 3.39. The Labute approximate surface area is 145 Å². The molecule has 3 rings (SSSR count). The van der Waals surface area contributed by atoms with Gasteiger partial charge >= 0.3 is 12.2 Å². The molecule has 6 nitrogen and oxygen atoms in total. The van der Waals surface area contributed by atoms with Crippen LogP contribution >= 0.6 is 22.7 Å². The highest BCUT2D eigenvalue weighted by Gasteiger charge is 2.13. The lowest BCUT2D eigenvalue weighted by molar-refractivity contribution is 0.208. The van der Waals surface area contributed by atoms with Gasteiger partial charge in [0.05, 0.1) is 0 Å². The van der Waals surface area contributed by atoms with Crippen molar-refractivity contribution in [3.63, 3.8) is 0 Å². The number of carbonyl (C=O) groups is 2. The smallest absolute Gasteiger partial charge is 0.409 e. The first-order chi connectivity index (χ1) is 11.5. The molecule has 0 radical (unpaired) electrons. The van der Waals surface area contributed by atoms with Crippen LogP contribution in [0.5, 0.6) is 0 Å². The lowest BCUT2D eigenvalue weighted by atomic mass is 10.0. The average Bonchev–Trinajstić information content (AvgIpc) is 3.15. The molecule has 3 aromatic rings. The fourth-order valence-electron chi connectivity index (χ4n) is 2.32. The summed E-state index contributed by atoms with van der Waals surface area (Å²) in [4.78, 5) is 21.8. The van der Waals surface area contributed by atoms with Gasteiger partial charge in [0, 0.05) is 11.1 Å². The second kappa shape index (κ2) is 6.73. The first kappa shape index (κ1) is 16.0. The number of anilines is 2. The van der Waals surface area contributed by atoms with Crippen LogP contribution in [0.1, 0.15) is 0 Å². The molecule has 0 spiro atoms. The maximum Gasteiger partial charge on any atom is 0.409 e. The van der Waals surface area contributed by atoms with E-state index in [-0.39, 0.29) is 0 Å². The van der Waals surface area contributed by atoms with E-state index in [9.17, 15) is 9.59 Å². The Morgan fingerprint density at radius 2 is 1.25 bits per heavy atom. The minimum absolute atomic E-state index is 0.550. The number of hydrogen-bond acceptors (Lipinski definition) is 4. The molecule has 0 bridgehead atoms. The van der Waals surface area contributed by atoms with Gasteiger partial charge in [0.25, 0.3) is 0 Å². The zero-order valence-electron chi connectivity index (χ0n) is 12.1. The number of rotatable bonds is 4. The van der Waals surface area contributed by atoms with Gasteiger partial charge in [-0.1, -0.05) is 18.2 Å². The van der Waals surface area contributed by atoms with Crippen LogP contribution in [0.25, 0.3) is 22.3 Å². The molecule has 2 heterocycles. The Hall–Kier alpha value is -2.84. The molecule has 0 saturated heterocycles. The standard InChI is InChI=1S/C16H12N2O4S2/c19-15(20)17-13-11(4-6-23-13)9-2-1-3-10(8-9)12-5-7-24-14(12)18-16(21)22/h1-8,17-18H,(H,19,20)(H,21,22). The maximum atomic E-state index is 10.9. The van der Waals surface area contributed by atoms with E-state index >= 15 is 0 Å². The quantitative estimate of drug-likeness (QED) is 0.506. The molecule has 0 atom stereocenters. The van der Waals surface area contributed by atoms with Gasteiger partial charge in [0.1, 0.15) is 10.0 Å². The highest BCUT2D eigenvalue weighted by Crippen LogP contribution is 2.38. The van der Waals surface area contributed by atoms with Crippen LogP contribution < -0.4 is 10.6 Å². The van der Waals surface area contributed by atoms with E-state index in [0.717, 1.165) is 22.3 Å². The summed E-state index contributed by atoms with van der Waals surface area (Å²) in [6, 6.07) is 11.2. The zero-order chi connectivity index (χ0) is 17.1. The van der Waals surface area contributed by atoms with E-state index in [4.69, 9.17) is 10.2 Å². The van der Waals surface area contributed by atoms with Crippen molar-refractivity contribution in [2.45, 2.75) is 0 Å². The molecule has 1 aromatic carbocycles. The monoisotopic (exact) mass is 360 g/mol. The van der Waals surface area contributed by atoms with Gasteiger partial charge in [-0.15, -0.1) is 22.7 Å². The Balaban J connectivity index is 1.99. The summed E-state index contributed by atoms with van der Waals surface area (Å²) in [6.45, 7) is 0. The molecular formula is C16H12N2O4S2. The van der Waals surface area contributed by atoms with Crippen molar-refractivity contribution in [3.8, 4) is 22.3 Å². The van der Waals surface area contributed by atoms with Crippen LogP contribution in [0.2, 0.25) is 0 Å². The molecule has 0 unspecified atom stereocenters. The van der Waals surface area contributed by atoms with Crippen molar-refractivity contribution in [1.29, 1.82) is 0 Å². The number of thiophene rings is 2. The van der Waals surface area contributed by atoms with E-state index in [1.54, 1.807) is 0 Å². The fraction of sp³-hybridized carbons (Fsp3) is 0. The average molecular weight is 360 g/mol. The molecule has 0 aliphatic rings. The first-order valence-corrected chi connectivity index (χ1v) is 8.56. The Morgan fingerprint density at radius 1 is 0.792 bits per heavy atom. The summed E-state index contributed by atoms with van der Waals surface area (Å²) >= 11 is 2.62. The summed E-state index contributed by atoms with van der Waals surface area (Å²) in [5.74, 6) is 0. The lowest BCUT2D eigenvalue weighted by Gasteiger charge is -2.08. The minimum atomic E-state index is -1.11. The summed E-state index contributed by atoms with van der Waals surface area (Å²) in [7, 11) is 0. The normalized spacial score (nSPS) is 10.3. The molecule has 0 aliphatic carbocycles. The van der Waals surface area contributed by atoms with Gasteiger partial charge in [-0.2, -0.15) is 0 Å². The van der Waals surface area contributed by atoms with Gasteiger partial charge < -0.3 is 10.2 Å². The number of nitrogens with one attached hydrogen (secondary N) is 2. The van der Waals surface area contributed by atoms with Gasteiger partial charge in [-0.05, 0) is 40.1 Å². The van der Waals surface area contributed by atoms with E-state index in [2.05, 4.69) is 10.6 Å². The second-order valence-corrected chi connectivity index (χ2v) is 6.60. The Bertz CT molecular complexity index is 831. The van der Waals surface area contributed by atoms with Crippen molar-refractivity contribution >= 4 is 44.9 Å². The summed E-state index contributed by atoms with van der Waals surface area (Å²) in [5, 5.41) is 27.3. The molecule has 8 heteroatoms. The first-order valence-electron chi connectivity index (χ1n) is 6.80. The van der Waals surface area contributed by atoms with Crippen LogP contribution in [-0.2, 0) is 0 Å². The van der Waals surface area contributed by atoms with Crippen molar-refractivity contribution in [1.82, 2.24) is 0 Å². The lowest BCUT2D eigenvalue weighted by Crippen LogP contribution is -2.06. The highest BCUT2D eigenvalue weighted by molar-refractivity contribution is 7.15. The van der Waals surface area contributed by atoms with E-state index in [1.165, 1.54) is 22.7 Å². The molecule has 0 aliphatic heterocycles. The number of benzene rings is 1. The van der Waals surface area contributed by atoms with Crippen molar-refractivity contribution in [2.24, 2.45) is 0 Å². The van der Waals surface area contributed by atoms with Gasteiger partial charge in [-0.3, -0.25) is 10.6 Å². The molecule has 24 heavy (non-hydrogen) atoms. The molecule has 0 saturated carbocycles. The highest BCUT2D eigenvalue weighted by atomic mass is 32.1. The largest absolute Gasteiger partial charge is 0.465 e. The van der Waals surface area contributed by atoms with Crippen molar-refractivity contribution in [3.05, 3.63) is 47.2 Å². The molecule has 2 aromatic heterocycles. The predicted octanol–water partition coefficient (Wildman–Crippen LogP) is 5.32. The maximum absolute atomic E-state index is 10.9. The summed E-state index contributed by atoms with van der Waals surface area (Å²) in [6.07, 6.45) is -2.22. The molecule has 0 fully saturated rings. The third-order valence-corrected chi connectivity index (χ3v) is 4.92. The zero-order valence-corrected chi connectivity index (χ0v) is 13.8. The number of hydrogen-bond donors (Lipinski definition) is 4. The molecule has 2 amide bonds. The van der Waals surface area contributed by atoms with Crippen LogP contribution in [0.15, 0.2) is 47.2 Å². The minimum Gasteiger partial charge on any atom is -0.465 e.